The molecule has 0 N–H and O–H groups in total. The van der Waals surface area contributed by atoms with E-state index in [0.717, 1.165) is 22.2 Å². The van der Waals surface area contributed by atoms with Crippen molar-refractivity contribution < 1.29 is 15.8 Å². The first-order valence-corrected chi connectivity index (χ1v) is 9.14. The van der Waals surface area contributed by atoms with Gasteiger partial charge in [0, 0.05) is 28.5 Å². The lowest BCUT2D eigenvalue weighted by atomic mass is 9.98. The number of fused-ring (bicyclic) bond motifs is 3. The fourth-order valence-electron chi connectivity index (χ4n) is 3.80. The van der Waals surface area contributed by atoms with Gasteiger partial charge in [-0.05, 0) is 24.1 Å². The van der Waals surface area contributed by atoms with Gasteiger partial charge in [-0.15, -0.1) is 0 Å². The van der Waals surface area contributed by atoms with Crippen molar-refractivity contribution in [3.8, 4) is 22.4 Å². The second-order valence-electron chi connectivity index (χ2n) is 6.88. The van der Waals surface area contributed by atoms with Crippen LogP contribution in [0.15, 0.2) is 83.3 Å². The average Bonchev–Trinajstić information content (AvgIpc) is 3.21. The lowest BCUT2D eigenvalue weighted by molar-refractivity contribution is -0.660. The van der Waals surface area contributed by atoms with E-state index in [0.29, 0.717) is 16.6 Å². The maximum atomic E-state index is 8.47. The van der Waals surface area contributed by atoms with Gasteiger partial charge in [-0.1, -0.05) is 54.5 Å². The molecule has 0 radical (unpaired) electrons. The molecule has 3 nitrogen and oxygen atoms in total. The Morgan fingerprint density at radius 1 is 0.931 bits per heavy atom. The van der Waals surface area contributed by atoms with E-state index in [-0.39, 0.29) is 28.9 Å². The van der Waals surface area contributed by atoms with Gasteiger partial charge in [0.05, 0.1) is 19.0 Å². The summed E-state index contributed by atoms with van der Waals surface area (Å²) in [7, 11) is 1.95. The maximum Gasteiger partial charge on any atom is 0.216 e. The van der Waals surface area contributed by atoms with Gasteiger partial charge in [0.25, 0.3) is 0 Å². The van der Waals surface area contributed by atoms with Crippen molar-refractivity contribution in [3.05, 3.63) is 95.9 Å². The smallest absolute Gasteiger partial charge is 0.216 e. The number of aromatic nitrogens is 1. The number of pyridine rings is 1. The summed E-state index contributed by atoms with van der Waals surface area (Å²) in [6, 6.07) is 11.1. The Kier molecular flexibility index (Phi) is 2.86. The van der Waals surface area contributed by atoms with Crippen LogP contribution in [0.1, 0.15) is 12.4 Å². The molecule has 0 unspecified atom stereocenters. The van der Waals surface area contributed by atoms with Crippen LogP contribution in [-0.4, -0.2) is 0 Å². The van der Waals surface area contributed by atoms with Crippen molar-refractivity contribution in [2.45, 2.75) is 6.92 Å². The Morgan fingerprint density at radius 2 is 1.66 bits per heavy atom. The number of rotatable bonds is 2. The lowest BCUT2D eigenvalue weighted by Crippen LogP contribution is -2.30. The molecule has 2 aromatic heterocycles. The molecule has 0 aliphatic heterocycles. The zero-order valence-corrected chi connectivity index (χ0v) is 15.9. The third-order valence-electron chi connectivity index (χ3n) is 5.18. The number of furan rings is 1. The minimum absolute atomic E-state index is 0.0369. The minimum atomic E-state index is -0.477. The molecule has 5 aromatic rings. The van der Waals surface area contributed by atoms with Gasteiger partial charge in [0.15, 0.2) is 11.9 Å². The van der Waals surface area contributed by atoms with Crippen molar-refractivity contribution >= 4 is 27.6 Å². The van der Waals surface area contributed by atoms with Crippen LogP contribution < -0.4 is 4.57 Å². The maximum absolute atomic E-state index is 8.47. The summed E-state index contributed by atoms with van der Waals surface area (Å²) in [6.07, 6.45) is 1.95. The molecule has 0 bridgehead atoms. The molecular formula is C26H19N2O+. The number of aryl methyl sites for hydroxylation is 2. The quantitative estimate of drug-likeness (QED) is 0.250. The van der Waals surface area contributed by atoms with Crippen LogP contribution in [0.3, 0.4) is 0 Å². The Hall–Kier alpha value is -3.90. The van der Waals surface area contributed by atoms with E-state index >= 15 is 0 Å². The van der Waals surface area contributed by atoms with E-state index in [1.54, 1.807) is 12.1 Å². The van der Waals surface area contributed by atoms with Crippen LogP contribution >= 0.6 is 0 Å². The minimum Gasteiger partial charge on any atom is -0.456 e. The van der Waals surface area contributed by atoms with E-state index in [4.69, 9.17) is 17.8 Å². The highest BCUT2D eigenvalue weighted by atomic mass is 16.3. The number of benzene rings is 3. The van der Waals surface area contributed by atoms with Crippen LogP contribution in [0.2, 0.25) is 0 Å². The first-order valence-electron chi connectivity index (χ1n) is 11.6. The summed E-state index contributed by atoms with van der Waals surface area (Å²) in [5.74, 6) is 0. The van der Waals surface area contributed by atoms with Crippen LogP contribution in [0, 0.1) is 13.5 Å². The van der Waals surface area contributed by atoms with Crippen molar-refractivity contribution in [1.82, 2.24) is 0 Å². The summed E-state index contributed by atoms with van der Waals surface area (Å²) in [5, 5.41) is 1.54. The number of hydrogen-bond donors (Lipinski definition) is 0. The van der Waals surface area contributed by atoms with Gasteiger partial charge in [-0.2, -0.15) is 0 Å². The Morgan fingerprint density at radius 3 is 2.38 bits per heavy atom. The molecule has 2 heterocycles. The second-order valence-corrected chi connectivity index (χ2v) is 6.88. The molecule has 138 valence electrons. The molecule has 0 saturated heterocycles. The third-order valence-corrected chi connectivity index (χ3v) is 5.18. The summed E-state index contributed by atoms with van der Waals surface area (Å²) < 4.78 is 49.5. The van der Waals surface area contributed by atoms with Crippen LogP contribution in [0.4, 0.5) is 5.69 Å². The fourth-order valence-corrected chi connectivity index (χ4v) is 3.80. The van der Waals surface area contributed by atoms with Gasteiger partial charge in [-0.3, -0.25) is 0 Å². The summed E-state index contributed by atoms with van der Waals surface area (Å²) >= 11 is 0. The fraction of sp³-hybridized carbons (Fsp3) is 0.0769. The van der Waals surface area contributed by atoms with E-state index in [1.165, 1.54) is 0 Å². The monoisotopic (exact) mass is 380 g/mol. The molecule has 3 aromatic carbocycles. The summed E-state index contributed by atoms with van der Waals surface area (Å²) in [4.78, 5) is 3.59. The van der Waals surface area contributed by atoms with Gasteiger partial charge < -0.3 is 4.42 Å². The van der Waals surface area contributed by atoms with E-state index < -0.39 is 18.1 Å². The molecule has 3 heteroatoms. The number of hydrogen-bond acceptors (Lipinski definition) is 1. The highest BCUT2D eigenvalue weighted by Gasteiger charge is 2.22. The molecule has 0 aliphatic rings. The normalized spacial score (nSPS) is 13.5. The molecule has 0 aliphatic carbocycles. The Bertz CT molecular complexity index is 1670. The summed E-state index contributed by atoms with van der Waals surface area (Å²) in [5.41, 5.74) is 4.12. The van der Waals surface area contributed by atoms with Gasteiger partial charge in [0.2, 0.25) is 5.69 Å². The van der Waals surface area contributed by atoms with Crippen molar-refractivity contribution in [1.29, 1.82) is 0 Å². The first kappa shape index (κ1) is 12.5. The first-order chi connectivity index (χ1) is 16.3. The molecule has 0 saturated carbocycles. The van der Waals surface area contributed by atoms with E-state index in [9.17, 15) is 0 Å². The molecule has 0 fully saturated rings. The average molecular weight is 380 g/mol. The topological polar surface area (TPSA) is 21.4 Å². The zero-order valence-electron chi connectivity index (χ0n) is 20.9. The third kappa shape index (κ3) is 2.61. The highest BCUT2D eigenvalue weighted by molar-refractivity contribution is 6.15. The highest BCUT2D eigenvalue weighted by Crippen LogP contribution is 2.44. The van der Waals surface area contributed by atoms with Crippen LogP contribution in [0.25, 0.3) is 49.2 Å². The molecule has 0 atom stereocenters. The predicted octanol–water partition coefficient (Wildman–Crippen LogP) is 6.60. The largest absolute Gasteiger partial charge is 0.456 e. The molecular weight excluding hydrogens is 356 g/mol. The molecule has 29 heavy (non-hydrogen) atoms. The van der Waals surface area contributed by atoms with Crippen LogP contribution in [-0.2, 0) is 7.05 Å². The standard InChI is InChI=1S/C26H19N2O/c1-17-12-13-19-20-14-15-21(27-2)24(18-9-5-4-6-10-18)26(20)29-25(19)23(17)22-11-7-8-16-28(22)3/h4-16H,1,3H3/q+1/i4D,5D,6D,9D,10D. The Labute approximate surface area is 176 Å². The van der Waals surface area contributed by atoms with Crippen molar-refractivity contribution in [2.75, 3.05) is 0 Å². The van der Waals surface area contributed by atoms with E-state index in [2.05, 4.69) is 4.85 Å². The molecule has 0 amide bonds. The van der Waals surface area contributed by atoms with E-state index in [1.807, 2.05) is 55.1 Å². The SMILES string of the molecule is [2H]c1c([2H])c([2H])c(-c2c([N+]#[C-])ccc3c2oc2c(-c4cccc[n+]4C)c(C)ccc23)c([2H])c1[2H]. The number of nitrogens with zero attached hydrogens (tertiary/aromatic N) is 2. The van der Waals surface area contributed by atoms with Crippen LogP contribution in [0.5, 0.6) is 0 Å². The molecule has 5 rings (SSSR count). The Balaban J connectivity index is 1.98. The van der Waals surface area contributed by atoms with Crippen molar-refractivity contribution in [3.63, 3.8) is 0 Å². The van der Waals surface area contributed by atoms with Gasteiger partial charge in [-0.25, -0.2) is 9.41 Å². The zero-order chi connectivity index (χ0) is 24.3. The summed E-state index contributed by atoms with van der Waals surface area (Å²) in [6.45, 7) is 9.70. The van der Waals surface area contributed by atoms with Crippen molar-refractivity contribution in [2.24, 2.45) is 7.05 Å². The molecule has 0 spiro atoms. The predicted molar refractivity (Wildman–Crippen MR) is 117 cm³/mol. The van der Waals surface area contributed by atoms with Gasteiger partial charge in [0.1, 0.15) is 18.2 Å². The second kappa shape index (κ2) is 6.61. The lowest BCUT2D eigenvalue weighted by Gasteiger charge is -2.05. The van der Waals surface area contributed by atoms with Gasteiger partial charge >= 0.3 is 0 Å².